The molecule has 1 amide bonds. The molecule has 0 radical (unpaired) electrons. The fourth-order valence-corrected chi connectivity index (χ4v) is 3.23. The molecule has 134 valence electrons. The Morgan fingerprint density at radius 3 is 2.46 bits per heavy atom. The number of hydrogen-bond donors (Lipinski definition) is 3. The van der Waals surface area contributed by atoms with E-state index in [0.717, 1.165) is 0 Å². The van der Waals surface area contributed by atoms with Gasteiger partial charge >= 0.3 is 0 Å². The van der Waals surface area contributed by atoms with Crippen molar-refractivity contribution in [3.63, 3.8) is 0 Å². The molecule has 0 spiro atoms. The Bertz CT molecular complexity index is 996. The maximum Gasteiger partial charge on any atom is 0.255 e. The van der Waals surface area contributed by atoms with E-state index < -0.39 is 15.9 Å². The van der Waals surface area contributed by atoms with E-state index in [2.05, 4.69) is 10.0 Å². The third-order valence-corrected chi connectivity index (χ3v) is 4.96. The predicted octanol–water partition coefficient (Wildman–Crippen LogP) is 2.72. The van der Waals surface area contributed by atoms with Crippen molar-refractivity contribution < 1.29 is 22.7 Å². The normalized spacial score (nSPS) is 11.2. The molecule has 26 heavy (non-hydrogen) atoms. The highest BCUT2D eigenvalue weighted by Crippen LogP contribution is 2.17. The molecule has 3 rings (SSSR count). The van der Waals surface area contributed by atoms with Crippen LogP contribution in [0.1, 0.15) is 16.1 Å². The number of aromatic hydroxyl groups is 1. The number of benzene rings is 2. The topological polar surface area (TPSA) is 109 Å². The molecule has 8 heteroatoms. The number of anilines is 1. The zero-order valence-corrected chi connectivity index (χ0v) is 14.4. The molecule has 0 aliphatic carbocycles. The Balaban J connectivity index is 1.68. The molecule has 0 bridgehead atoms. The maximum atomic E-state index is 12.3. The Hall–Kier alpha value is -3.10. The van der Waals surface area contributed by atoms with Crippen molar-refractivity contribution in [2.75, 3.05) is 5.32 Å². The van der Waals surface area contributed by atoms with Crippen molar-refractivity contribution in [1.29, 1.82) is 0 Å². The van der Waals surface area contributed by atoms with E-state index in [4.69, 9.17) is 4.42 Å². The molecule has 3 aromatic rings. The fourth-order valence-electron chi connectivity index (χ4n) is 2.24. The average Bonchev–Trinajstić information content (AvgIpc) is 3.14. The van der Waals surface area contributed by atoms with Gasteiger partial charge in [0, 0.05) is 17.3 Å². The first-order valence-corrected chi connectivity index (χ1v) is 9.15. The number of carbonyl (C=O) groups is 1. The van der Waals surface area contributed by atoms with E-state index in [1.165, 1.54) is 42.7 Å². The zero-order valence-electron chi connectivity index (χ0n) is 13.5. The lowest BCUT2D eigenvalue weighted by Crippen LogP contribution is -2.23. The highest BCUT2D eigenvalue weighted by molar-refractivity contribution is 7.89. The van der Waals surface area contributed by atoms with Crippen LogP contribution in [0, 0.1) is 0 Å². The van der Waals surface area contributed by atoms with Gasteiger partial charge in [0.05, 0.1) is 17.7 Å². The number of hydrogen-bond acceptors (Lipinski definition) is 5. The lowest BCUT2D eigenvalue weighted by Gasteiger charge is -2.08. The van der Waals surface area contributed by atoms with Crippen molar-refractivity contribution >= 4 is 21.6 Å². The van der Waals surface area contributed by atoms with Gasteiger partial charge < -0.3 is 14.8 Å². The molecule has 0 saturated carbocycles. The summed E-state index contributed by atoms with van der Waals surface area (Å²) in [4.78, 5) is 12.2. The molecule has 0 saturated heterocycles. The van der Waals surface area contributed by atoms with E-state index in [1.54, 1.807) is 24.3 Å². The summed E-state index contributed by atoms with van der Waals surface area (Å²) < 4.78 is 32.0. The van der Waals surface area contributed by atoms with Gasteiger partial charge in [0.1, 0.15) is 11.5 Å². The molecule has 2 aromatic carbocycles. The summed E-state index contributed by atoms with van der Waals surface area (Å²) in [5, 5.41) is 12.0. The van der Waals surface area contributed by atoms with Crippen LogP contribution in [0.25, 0.3) is 0 Å². The minimum atomic E-state index is -3.72. The zero-order chi connectivity index (χ0) is 18.6. The summed E-state index contributed by atoms with van der Waals surface area (Å²) in [5.74, 6) is 0.116. The van der Waals surface area contributed by atoms with Crippen molar-refractivity contribution in [3.05, 3.63) is 78.3 Å². The monoisotopic (exact) mass is 372 g/mol. The van der Waals surface area contributed by atoms with Crippen LogP contribution >= 0.6 is 0 Å². The minimum Gasteiger partial charge on any atom is -0.508 e. The third-order valence-electron chi connectivity index (χ3n) is 3.55. The molecule has 1 heterocycles. The van der Waals surface area contributed by atoms with E-state index in [1.807, 2.05) is 0 Å². The van der Waals surface area contributed by atoms with Gasteiger partial charge in [0.15, 0.2) is 0 Å². The summed E-state index contributed by atoms with van der Waals surface area (Å²) in [6.45, 7) is 0.0368. The number of phenolic OH excluding ortho intramolecular Hbond substituents is 1. The first kappa shape index (κ1) is 17.7. The van der Waals surface area contributed by atoms with Gasteiger partial charge in [-0.1, -0.05) is 6.07 Å². The van der Waals surface area contributed by atoms with Crippen LogP contribution < -0.4 is 10.0 Å². The lowest BCUT2D eigenvalue weighted by atomic mass is 10.2. The molecule has 0 unspecified atom stereocenters. The van der Waals surface area contributed by atoms with Gasteiger partial charge in [-0.05, 0) is 48.5 Å². The van der Waals surface area contributed by atoms with Crippen LogP contribution in [0.5, 0.6) is 5.75 Å². The largest absolute Gasteiger partial charge is 0.508 e. The molecule has 0 aliphatic rings. The van der Waals surface area contributed by atoms with Crippen molar-refractivity contribution in [1.82, 2.24) is 4.72 Å². The van der Waals surface area contributed by atoms with Gasteiger partial charge in [-0.25, -0.2) is 13.1 Å². The number of furan rings is 1. The average molecular weight is 372 g/mol. The Morgan fingerprint density at radius 1 is 1.04 bits per heavy atom. The van der Waals surface area contributed by atoms with Gasteiger partial charge in [-0.2, -0.15) is 0 Å². The van der Waals surface area contributed by atoms with Crippen molar-refractivity contribution in [3.8, 4) is 5.75 Å². The number of sulfonamides is 1. The first-order chi connectivity index (χ1) is 12.4. The van der Waals surface area contributed by atoms with E-state index >= 15 is 0 Å². The summed E-state index contributed by atoms with van der Waals surface area (Å²) in [7, 11) is -3.72. The van der Waals surface area contributed by atoms with Crippen LogP contribution in [0.4, 0.5) is 5.69 Å². The molecular weight excluding hydrogens is 356 g/mol. The molecule has 0 aliphatic heterocycles. The lowest BCUT2D eigenvalue weighted by molar-refractivity contribution is 0.102. The summed E-state index contributed by atoms with van der Waals surface area (Å²) in [5.41, 5.74) is 0.727. The van der Waals surface area contributed by atoms with Crippen LogP contribution in [-0.2, 0) is 16.6 Å². The molecule has 0 fully saturated rings. The van der Waals surface area contributed by atoms with Crippen LogP contribution in [0.15, 0.2) is 76.2 Å². The van der Waals surface area contributed by atoms with E-state index in [-0.39, 0.29) is 17.2 Å². The fraction of sp³-hybridized carbons (Fsp3) is 0.0556. The van der Waals surface area contributed by atoms with Gasteiger partial charge in [0.2, 0.25) is 10.0 Å². The number of nitrogens with one attached hydrogen (secondary N) is 2. The second-order valence-electron chi connectivity index (χ2n) is 5.43. The van der Waals surface area contributed by atoms with Crippen LogP contribution in [0.3, 0.4) is 0 Å². The van der Waals surface area contributed by atoms with Gasteiger partial charge in [0.25, 0.3) is 5.91 Å². The van der Waals surface area contributed by atoms with Gasteiger partial charge in [-0.15, -0.1) is 0 Å². The van der Waals surface area contributed by atoms with Gasteiger partial charge in [-0.3, -0.25) is 4.79 Å². The van der Waals surface area contributed by atoms with Crippen LogP contribution in [0.2, 0.25) is 0 Å². The third kappa shape index (κ3) is 4.29. The number of amides is 1. The van der Waals surface area contributed by atoms with Crippen LogP contribution in [-0.4, -0.2) is 19.4 Å². The first-order valence-electron chi connectivity index (χ1n) is 7.66. The van der Waals surface area contributed by atoms with E-state index in [0.29, 0.717) is 17.0 Å². The molecular formula is C18H16N2O5S. The van der Waals surface area contributed by atoms with E-state index in [9.17, 15) is 18.3 Å². The summed E-state index contributed by atoms with van der Waals surface area (Å²) in [6.07, 6.45) is 1.46. The summed E-state index contributed by atoms with van der Waals surface area (Å²) >= 11 is 0. The molecule has 1 aromatic heterocycles. The number of rotatable bonds is 6. The molecule has 3 N–H and O–H groups in total. The highest BCUT2D eigenvalue weighted by atomic mass is 32.2. The maximum absolute atomic E-state index is 12.3. The Morgan fingerprint density at radius 2 is 1.81 bits per heavy atom. The number of carbonyl (C=O) groups excluding carboxylic acids is 1. The minimum absolute atomic E-state index is 0.0341. The van der Waals surface area contributed by atoms with Crippen molar-refractivity contribution in [2.24, 2.45) is 0 Å². The van der Waals surface area contributed by atoms with Crippen molar-refractivity contribution in [2.45, 2.75) is 11.4 Å². The number of phenols is 1. The smallest absolute Gasteiger partial charge is 0.255 e. The quantitative estimate of drug-likeness (QED) is 0.616. The highest BCUT2D eigenvalue weighted by Gasteiger charge is 2.15. The second kappa shape index (κ2) is 7.42. The molecule has 7 nitrogen and oxygen atoms in total. The second-order valence-corrected chi connectivity index (χ2v) is 7.20. The predicted molar refractivity (Wildman–Crippen MR) is 95.2 cm³/mol. The Kier molecular flexibility index (Phi) is 5.06. The molecule has 0 atom stereocenters. The summed E-state index contributed by atoms with van der Waals surface area (Å²) in [6, 6.07) is 15.0. The Labute approximate surface area is 150 Å². The SMILES string of the molecule is O=C(Nc1cccc(O)c1)c1ccc(S(=O)(=O)NCc2ccco2)cc1. The standard InChI is InChI=1S/C18H16N2O5S/c21-15-4-1-3-14(11-15)20-18(22)13-6-8-17(9-7-13)26(23,24)19-12-16-5-2-10-25-16/h1-11,19,21H,12H2,(H,20,22).